The Morgan fingerprint density at radius 2 is 0.981 bits per heavy atom. The maximum Gasteiger partial charge on any atom is 0.253 e. The maximum absolute atomic E-state index is 13.4. The average Bonchev–Trinajstić information content (AvgIpc) is 3.09. The van der Waals surface area contributed by atoms with Gasteiger partial charge in [-0.1, -0.05) is 0 Å². The SMILES string of the molecule is NC(=O)c1c(I)c(NC(=O)CC(=O)Nc2c(I)c(C(N)=O)c(I)c(C(=O)NCC(O)COCOCC(O)CCl)c2I)c(I)c(C(=O)NCC(O)CO)c1I. The summed E-state index contributed by atoms with van der Waals surface area (Å²) in [6, 6.07) is 0. The summed E-state index contributed by atoms with van der Waals surface area (Å²) in [4.78, 5) is 77.8. The van der Waals surface area contributed by atoms with E-state index in [1.54, 1.807) is 136 Å². The molecular formula is C29H31ClI6N6O12. The Kier molecular flexibility index (Phi) is 22.1. The van der Waals surface area contributed by atoms with Gasteiger partial charge in [-0.25, -0.2) is 0 Å². The number of aliphatic hydroxyl groups excluding tert-OH is 4. The summed E-state index contributed by atoms with van der Waals surface area (Å²) >= 11 is 16.1. The molecule has 298 valence electrons. The van der Waals surface area contributed by atoms with Crippen molar-refractivity contribution >= 4 is 194 Å². The molecule has 6 amide bonds. The van der Waals surface area contributed by atoms with Crippen LogP contribution in [0.2, 0.25) is 0 Å². The molecule has 0 aliphatic carbocycles. The number of carbonyl (C=O) groups excluding carboxylic acids is 6. The first-order valence-electron chi connectivity index (χ1n) is 14.8. The highest BCUT2D eigenvalue weighted by molar-refractivity contribution is 14.1. The number of hydrogen-bond acceptors (Lipinski definition) is 12. The third-order valence-electron chi connectivity index (χ3n) is 6.60. The Balaban J connectivity index is 2.31. The molecule has 0 aliphatic rings. The highest BCUT2D eigenvalue weighted by Gasteiger charge is 2.30. The van der Waals surface area contributed by atoms with E-state index in [1.165, 1.54) is 0 Å². The molecule has 0 fully saturated rings. The maximum atomic E-state index is 13.4. The fourth-order valence-corrected chi connectivity index (χ4v) is 13.1. The summed E-state index contributed by atoms with van der Waals surface area (Å²) in [5.41, 5.74) is 11.0. The second-order valence-electron chi connectivity index (χ2n) is 10.7. The Bertz CT molecular complexity index is 1790. The van der Waals surface area contributed by atoms with Crippen molar-refractivity contribution in [3.8, 4) is 0 Å². The van der Waals surface area contributed by atoms with Gasteiger partial charge in [0.2, 0.25) is 11.8 Å². The van der Waals surface area contributed by atoms with Crippen molar-refractivity contribution in [1.29, 1.82) is 0 Å². The highest BCUT2D eigenvalue weighted by Crippen LogP contribution is 2.37. The molecular weight excluding hydrogens is 1420 g/mol. The molecule has 25 heteroatoms. The number of halogens is 7. The van der Waals surface area contributed by atoms with Gasteiger partial charge in [0.15, 0.2) is 0 Å². The molecule has 2 aromatic carbocycles. The summed E-state index contributed by atoms with van der Waals surface area (Å²) < 4.78 is 11.3. The third kappa shape index (κ3) is 13.9. The second kappa shape index (κ2) is 23.9. The van der Waals surface area contributed by atoms with Crippen LogP contribution in [0, 0.1) is 21.4 Å². The van der Waals surface area contributed by atoms with E-state index in [1.807, 2.05) is 0 Å². The van der Waals surface area contributed by atoms with Crippen molar-refractivity contribution in [2.45, 2.75) is 24.7 Å². The van der Waals surface area contributed by atoms with E-state index in [2.05, 4.69) is 21.3 Å². The number of ether oxygens (including phenoxy) is 2. The number of hydrogen-bond donors (Lipinski definition) is 10. The van der Waals surface area contributed by atoms with Crippen LogP contribution in [0.4, 0.5) is 11.4 Å². The molecule has 3 atom stereocenters. The van der Waals surface area contributed by atoms with Gasteiger partial charge < -0.3 is 62.6 Å². The molecule has 2 rings (SSSR count). The second-order valence-corrected chi connectivity index (χ2v) is 17.5. The zero-order valence-electron chi connectivity index (χ0n) is 27.2. The van der Waals surface area contributed by atoms with Gasteiger partial charge in [-0.3, -0.25) is 28.8 Å². The Labute approximate surface area is 394 Å². The topological polar surface area (TPSA) is 302 Å². The number of nitrogens with one attached hydrogen (secondary N) is 4. The molecule has 0 saturated carbocycles. The lowest BCUT2D eigenvalue weighted by molar-refractivity contribution is -0.123. The Morgan fingerprint density at radius 1 is 0.611 bits per heavy atom. The number of rotatable bonds is 20. The first-order valence-corrected chi connectivity index (χ1v) is 21.8. The van der Waals surface area contributed by atoms with E-state index in [0.29, 0.717) is 0 Å². The Hall–Kier alpha value is -0.310. The van der Waals surface area contributed by atoms with Gasteiger partial charge in [0, 0.05) is 20.2 Å². The van der Waals surface area contributed by atoms with Gasteiger partial charge in [-0.2, -0.15) is 0 Å². The number of anilines is 2. The lowest BCUT2D eigenvalue weighted by Crippen LogP contribution is -2.36. The van der Waals surface area contributed by atoms with Crippen LogP contribution in [0.25, 0.3) is 0 Å². The molecule has 54 heavy (non-hydrogen) atoms. The monoisotopic (exact) mass is 1450 g/mol. The molecule has 0 saturated heterocycles. The molecule has 2 aromatic rings. The number of benzene rings is 2. The predicted molar refractivity (Wildman–Crippen MR) is 245 cm³/mol. The fraction of sp³-hybridized carbons (Fsp3) is 0.379. The smallest absolute Gasteiger partial charge is 0.253 e. The number of amides is 6. The van der Waals surface area contributed by atoms with Crippen LogP contribution in [0.3, 0.4) is 0 Å². The zero-order chi connectivity index (χ0) is 41.0. The van der Waals surface area contributed by atoms with E-state index in [9.17, 15) is 44.1 Å². The third-order valence-corrected chi connectivity index (χ3v) is 13.4. The van der Waals surface area contributed by atoms with Gasteiger partial charge in [0.1, 0.15) is 13.2 Å². The van der Waals surface area contributed by atoms with Gasteiger partial charge in [0.05, 0.1) is 91.9 Å². The van der Waals surface area contributed by atoms with E-state index < -0.39 is 66.8 Å². The first kappa shape index (κ1) is 49.8. The number of alkyl halides is 1. The normalized spacial score (nSPS) is 12.7. The lowest BCUT2D eigenvalue weighted by atomic mass is 10.1. The van der Waals surface area contributed by atoms with Gasteiger partial charge in [0.25, 0.3) is 23.6 Å². The minimum absolute atomic E-state index is 0.00648. The molecule has 3 unspecified atom stereocenters. The summed E-state index contributed by atoms with van der Waals surface area (Å²) in [7, 11) is 0. The summed E-state index contributed by atoms with van der Waals surface area (Å²) in [5.74, 6) is -5.04. The number of carbonyl (C=O) groups is 6. The van der Waals surface area contributed by atoms with Crippen LogP contribution in [0.15, 0.2) is 0 Å². The summed E-state index contributed by atoms with van der Waals surface area (Å²) in [6.45, 7) is -1.76. The van der Waals surface area contributed by atoms with Gasteiger partial charge in [-0.05, 0) is 136 Å². The fourth-order valence-electron chi connectivity index (χ4n) is 4.09. The first-order chi connectivity index (χ1) is 25.3. The van der Waals surface area contributed by atoms with Crippen LogP contribution >= 0.6 is 147 Å². The van der Waals surface area contributed by atoms with E-state index in [4.69, 9.17) is 37.6 Å². The van der Waals surface area contributed by atoms with Crippen LogP contribution in [0.1, 0.15) is 47.9 Å². The summed E-state index contributed by atoms with van der Waals surface area (Å²) in [6.07, 6.45) is -4.11. The van der Waals surface area contributed by atoms with Gasteiger partial charge >= 0.3 is 0 Å². The largest absolute Gasteiger partial charge is 0.394 e. The number of aliphatic hydroxyl groups is 4. The average molecular weight is 1450 g/mol. The van der Waals surface area contributed by atoms with Crippen molar-refractivity contribution in [2.24, 2.45) is 11.5 Å². The van der Waals surface area contributed by atoms with Crippen LogP contribution < -0.4 is 32.7 Å². The lowest BCUT2D eigenvalue weighted by Gasteiger charge is -2.20. The number of primary amides is 2. The van der Waals surface area contributed by atoms with E-state index in [-0.39, 0.29) is 94.0 Å². The number of nitrogens with two attached hydrogens (primary N) is 2. The molecule has 0 heterocycles. The van der Waals surface area contributed by atoms with Crippen molar-refractivity contribution in [3.63, 3.8) is 0 Å². The van der Waals surface area contributed by atoms with Crippen LogP contribution in [-0.2, 0) is 19.1 Å². The van der Waals surface area contributed by atoms with E-state index >= 15 is 0 Å². The molecule has 0 spiro atoms. The molecule has 0 aromatic heterocycles. The van der Waals surface area contributed by atoms with Crippen LogP contribution in [0.5, 0.6) is 0 Å². The minimum atomic E-state index is -1.25. The molecule has 0 bridgehead atoms. The predicted octanol–water partition coefficient (Wildman–Crippen LogP) is 1.24. The van der Waals surface area contributed by atoms with E-state index in [0.717, 1.165) is 0 Å². The van der Waals surface area contributed by atoms with Gasteiger partial charge in [-0.15, -0.1) is 11.6 Å². The van der Waals surface area contributed by atoms with Crippen molar-refractivity contribution in [2.75, 3.05) is 56.2 Å². The highest BCUT2D eigenvalue weighted by atomic mass is 127. The Morgan fingerprint density at radius 3 is 1.35 bits per heavy atom. The van der Waals surface area contributed by atoms with Crippen molar-refractivity contribution in [3.05, 3.63) is 43.7 Å². The molecule has 18 nitrogen and oxygen atoms in total. The quantitative estimate of drug-likeness (QED) is 0.0295. The molecule has 12 N–H and O–H groups in total. The van der Waals surface area contributed by atoms with Crippen molar-refractivity contribution in [1.82, 2.24) is 10.6 Å². The molecule has 0 radical (unpaired) electrons. The van der Waals surface area contributed by atoms with Crippen molar-refractivity contribution < 1.29 is 58.7 Å². The van der Waals surface area contributed by atoms with Crippen LogP contribution in [-0.4, -0.2) is 120 Å². The standard InChI is InChI=1S/C29H31ClI6N6O12/c30-2-9(44)6-53-8-54-7-11(46)4-40-29(52)17-19(32)15(27(38)50)21(34)25(23(17)36)42-13(48)1-12(47)41-24-20(33)14(26(37)49)18(31)16(22(24)35)28(51)39-3-10(45)5-43/h9-11,43-46H,1-8H2,(H2,37,49)(H2,38,50)(H,39,51)(H,40,52)(H,41,47)(H,42,48). The molecule has 0 aliphatic heterocycles. The zero-order valence-corrected chi connectivity index (χ0v) is 40.9. The summed E-state index contributed by atoms with van der Waals surface area (Å²) in [5, 5.41) is 48.5. The minimum Gasteiger partial charge on any atom is -0.394 e.